The highest BCUT2D eigenvalue weighted by Gasteiger charge is 2.27. The zero-order valence-electron chi connectivity index (χ0n) is 12.6. The summed E-state index contributed by atoms with van der Waals surface area (Å²) in [5, 5.41) is 7.96. The molecule has 0 amide bonds. The Labute approximate surface area is 124 Å². The predicted molar refractivity (Wildman–Crippen MR) is 82.1 cm³/mol. The topological polar surface area (TPSA) is 51.0 Å². The van der Waals surface area contributed by atoms with Gasteiger partial charge in [-0.25, -0.2) is 0 Å². The first-order chi connectivity index (χ1) is 9.52. The number of nitrogens with zero attached hydrogens (tertiary/aromatic N) is 2. The van der Waals surface area contributed by atoms with Crippen LogP contribution in [0, 0.1) is 0 Å². The van der Waals surface area contributed by atoms with Gasteiger partial charge in [0.1, 0.15) is 0 Å². The molecule has 4 nitrogen and oxygen atoms in total. The monoisotopic (exact) mass is 293 g/mol. The van der Waals surface area contributed by atoms with Crippen LogP contribution < -0.4 is 5.32 Å². The first kappa shape index (κ1) is 15.2. The maximum atomic E-state index is 5.18. The Morgan fingerprint density at radius 1 is 1.40 bits per heavy atom. The van der Waals surface area contributed by atoms with Gasteiger partial charge in [0, 0.05) is 11.5 Å². The fourth-order valence-electron chi connectivity index (χ4n) is 2.17. The maximum absolute atomic E-state index is 5.18. The molecule has 2 aromatic rings. The average molecular weight is 293 g/mol. The molecule has 5 heteroatoms. The fraction of sp³-hybridized carbons (Fsp3) is 0.600. The van der Waals surface area contributed by atoms with E-state index >= 15 is 0 Å². The molecule has 0 fully saturated rings. The molecule has 2 heterocycles. The van der Waals surface area contributed by atoms with E-state index in [2.05, 4.69) is 42.6 Å². The summed E-state index contributed by atoms with van der Waals surface area (Å²) in [6, 6.07) is 2.27. The van der Waals surface area contributed by atoms with Crippen LogP contribution in [0.4, 0.5) is 0 Å². The summed E-state index contributed by atoms with van der Waals surface area (Å²) in [5.74, 6) is 0. The zero-order chi connectivity index (χ0) is 14.6. The third-order valence-electron chi connectivity index (χ3n) is 3.20. The Kier molecular flexibility index (Phi) is 4.94. The third-order valence-corrected chi connectivity index (χ3v) is 4.04. The van der Waals surface area contributed by atoms with Gasteiger partial charge in [-0.1, -0.05) is 32.2 Å². The molecule has 0 aromatic carbocycles. The van der Waals surface area contributed by atoms with Gasteiger partial charge in [-0.3, -0.25) is 0 Å². The second kappa shape index (κ2) is 6.50. The molecular formula is C15H23N3OS. The van der Waals surface area contributed by atoms with Crippen molar-refractivity contribution in [2.45, 2.75) is 52.0 Å². The van der Waals surface area contributed by atoms with E-state index in [0.29, 0.717) is 0 Å². The van der Waals surface area contributed by atoms with E-state index in [9.17, 15) is 0 Å². The lowest BCUT2D eigenvalue weighted by molar-refractivity contribution is 0.500. The van der Waals surface area contributed by atoms with Crippen LogP contribution in [0.3, 0.4) is 0 Å². The van der Waals surface area contributed by atoms with Crippen LogP contribution in [0.1, 0.15) is 56.3 Å². The number of furan rings is 1. The lowest BCUT2D eigenvalue weighted by atomic mass is 9.89. The van der Waals surface area contributed by atoms with Crippen molar-refractivity contribution in [1.29, 1.82) is 0 Å². The van der Waals surface area contributed by atoms with E-state index in [1.807, 2.05) is 12.3 Å². The van der Waals surface area contributed by atoms with Crippen molar-refractivity contribution in [3.63, 3.8) is 0 Å². The van der Waals surface area contributed by atoms with Gasteiger partial charge >= 0.3 is 0 Å². The second-order valence-corrected chi connectivity index (χ2v) is 6.86. The SMILES string of the molecule is CCCNC(Cc1ccoc1)c1snnc1C(C)(C)C. The van der Waals surface area contributed by atoms with E-state index in [4.69, 9.17) is 4.42 Å². The Bertz CT molecular complexity index is 513. The summed E-state index contributed by atoms with van der Waals surface area (Å²) in [5.41, 5.74) is 2.32. The molecule has 1 N–H and O–H groups in total. The molecule has 0 bridgehead atoms. The van der Waals surface area contributed by atoms with E-state index < -0.39 is 0 Å². The summed E-state index contributed by atoms with van der Waals surface area (Å²) >= 11 is 1.50. The Morgan fingerprint density at radius 3 is 2.80 bits per heavy atom. The summed E-state index contributed by atoms with van der Waals surface area (Å²) in [7, 11) is 0. The molecule has 110 valence electrons. The first-order valence-electron chi connectivity index (χ1n) is 7.09. The molecule has 2 rings (SSSR count). The maximum Gasteiger partial charge on any atom is 0.0935 e. The minimum atomic E-state index is 0.0187. The quantitative estimate of drug-likeness (QED) is 0.882. The number of rotatable bonds is 6. The highest BCUT2D eigenvalue weighted by molar-refractivity contribution is 7.05. The molecular weight excluding hydrogens is 270 g/mol. The van der Waals surface area contributed by atoms with Gasteiger partial charge in [0.15, 0.2) is 0 Å². The van der Waals surface area contributed by atoms with Crippen LogP contribution in [0.5, 0.6) is 0 Å². The largest absolute Gasteiger partial charge is 0.472 e. The van der Waals surface area contributed by atoms with Crippen molar-refractivity contribution in [3.05, 3.63) is 34.7 Å². The van der Waals surface area contributed by atoms with Gasteiger partial charge in [-0.15, -0.1) is 5.10 Å². The molecule has 0 radical (unpaired) electrons. The minimum Gasteiger partial charge on any atom is -0.472 e. The number of hydrogen-bond acceptors (Lipinski definition) is 5. The van der Waals surface area contributed by atoms with E-state index in [0.717, 1.165) is 25.1 Å². The van der Waals surface area contributed by atoms with Crippen LogP contribution in [-0.2, 0) is 11.8 Å². The predicted octanol–water partition coefficient (Wildman–Crippen LogP) is 3.71. The third kappa shape index (κ3) is 3.67. The second-order valence-electron chi connectivity index (χ2n) is 6.08. The van der Waals surface area contributed by atoms with Crippen molar-refractivity contribution in [3.8, 4) is 0 Å². The van der Waals surface area contributed by atoms with Crippen molar-refractivity contribution in [2.24, 2.45) is 0 Å². The van der Waals surface area contributed by atoms with E-state index in [1.165, 1.54) is 22.0 Å². The molecule has 20 heavy (non-hydrogen) atoms. The highest BCUT2D eigenvalue weighted by Crippen LogP contribution is 2.32. The van der Waals surface area contributed by atoms with E-state index in [1.54, 1.807) is 6.26 Å². The van der Waals surface area contributed by atoms with Gasteiger partial charge in [-0.05, 0) is 42.5 Å². The standard InChI is InChI=1S/C15H23N3OS/c1-5-7-16-12(9-11-6-8-19-10-11)13-14(15(2,3)4)17-18-20-13/h6,8,10,12,16H,5,7,9H2,1-4H3. The van der Waals surface area contributed by atoms with Crippen molar-refractivity contribution < 1.29 is 4.42 Å². The van der Waals surface area contributed by atoms with Crippen molar-refractivity contribution >= 4 is 11.5 Å². The normalized spacial score (nSPS) is 13.6. The van der Waals surface area contributed by atoms with Crippen LogP contribution in [0.15, 0.2) is 23.0 Å². The van der Waals surface area contributed by atoms with Gasteiger partial charge in [0.05, 0.1) is 23.1 Å². The molecule has 1 atom stereocenters. The van der Waals surface area contributed by atoms with Crippen molar-refractivity contribution in [2.75, 3.05) is 6.54 Å². The highest BCUT2D eigenvalue weighted by atomic mass is 32.1. The molecule has 0 saturated heterocycles. The Balaban J connectivity index is 2.24. The Hall–Kier alpha value is -1.20. The first-order valence-corrected chi connectivity index (χ1v) is 7.87. The fourth-order valence-corrected chi connectivity index (χ4v) is 3.10. The van der Waals surface area contributed by atoms with Gasteiger partial charge in [-0.2, -0.15) is 0 Å². The van der Waals surface area contributed by atoms with Gasteiger partial charge < -0.3 is 9.73 Å². The average Bonchev–Trinajstić information content (AvgIpc) is 3.03. The molecule has 2 aromatic heterocycles. The summed E-state index contributed by atoms with van der Waals surface area (Å²) in [6.07, 6.45) is 5.55. The summed E-state index contributed by atoms with van der Waals surface area (Å²) < 4.78 is 9.35. The zero-order valence-corrected chi connectivity index (χ0v) is 13.5. The molecule has 0 spiro atoms. The number of nitrogens with one attached hydrogen (secondary N) is 1. The lowest BCUT2D eigenvalue weighted by Crippen LogP contribution is -2.26. The van der Waals surface area contributed by atoms with Gasteiger partial charge in [0.2, 0.25) is 0 Å². The minimum absolute atomic E-state index is 0.0187. The van der Waals surface area contributed by atoms with Crippen LogP contribution >= 0.6 is 11.5 Å². The smallest absolute Gasteiger partial charge is 0.0935 e. The number of hydrogen-bond donors (Lipinski definition) is 1. The molecule has 1 unspecified atom stereocenters. The van der Waals surface area contributed by atoms with Crippen LogP contribution in [-0.4, -0.2) is 16.1 Å². The van der Waals surface area contributed by atoms with Gasteiger partial charge in [0.25, 0.3) is 0 Å². The Morgan fingerprint density at radius 2 is 2.20 bits per heavy atom. The van der Waals surface area contributed by atoms with Crippen molar-refractivity contribution in [1.82, 2.24) is 14.9 Å². The number of aromatic nitrogens is 2. The molecule has 0 aliphatic rings. The molecule has 0 saturated carbocycles. The van der Waals surface area contributed by atoms with Crippen LogP contribution in [0.2, 0.25) is 0 Å². The molecule has 0 aliphatic carbocycles. The molecule has 0 aliphatic heterocycles. The summed E-state index contributed by atoms with van der Waals surface area (Å²) in [4.78, 5) is 1.24. The summed E-state index contributed by atoms with van der Waals surface area (Å²) in [6.45, 7) is 9.72. The lowest BCUT2D eigenvalue weighted by Gasteiger charge is -2.22. The van der Waals surface area contributed by atoms with E-state index in [-0.39, 0.29) is 11.5 Å². The van der Waals surface area contributed by atoms with Crippen LogP contribution in [0.25, 0.3) is 0 Å².